The lowest BCUT2D eigenvalue weighted by molar-refractivity contribution is 0.501. The van der Waals surface area contributed by atoms with Crippen molar-refractivity contribution in [1.29, 1.82) is 5.26 Å². The summed E-state index contributed by atoms with van der Waals surface area (Å²) >= 11 is 0. The Kier molecular flexibility index (Phi) is 2.98. The smallest absolute Gasteiger partial charge is 0.0843 e. The fourth-order valence-electron chi connectivity index (χ4n) is 1.17. The van der Waals surface area contributed by atoms with E-state index >= 15 is 0 Å². The molecule has 1 aliphatic rings. The molecule has 1 rings (SSSR count). The van der Waals surface area contributed by atoms with E-state index in [0.717, 1.165) is 12.8 Å². The normalized spacial score (nSPS) is 24.1. The first kappa shape index (κ1) is 7.30. The van der Waals surface area contributed by atoms with Gasteiger partial charge >= 0.3 is 0 Å². The third-order valence-corrected chi connectivity index (χ3v) is 1.74. The van der Waals surface area contributed by atoms with Crippen LogP contribution in [0.25, 0.3) is 0 Å². The van der Waals surface area contributed by atoms with E-state index in [2.05, 4.69) is 23.5 Å². The maximum atomic E-state index is 8.27. The molecular formula is C8H12N2. The molecule has 0 aromatic carbocycles. The second-order valence-corrected chi connectivity index (χ2v) is 2.52. The van der Waals surface area contributed by atoms with Crippen LogP contribution in [0.1, 0.15) is 19.3 Å². The zero-order valence-corrected chi connectivity index (χ0v) is 6.01. The molecule has 1 N–H and O–H groups in total. The second-order valence-electron chi connectivity index (χ2n) is 2.52. The standard InChI is InChI=1S/C8H12N2/c9-6-7-10-8-4-2-1-3-5-8/h1-2,8,10H,3-5,7H2. The van der Waals surface area contributed by atoms with E-state index in [9.17, 15) is 0 Å². The van der Waals surface area contributed by atoms with E-state index in [0.29, 0.717) is 12.6 Å². The highest BCUT2D eigenvalue weighted by Crippen LogP contribution is 2.09. The van der Waals surface area contributed by atoms with Gasteiger partial charge in [0, 0.05) is 6.04 Å². The van der Waals surface area contributed by atoms with Crippen LogP contribution in [-0.4, -0.2) is 12.6 Å². The highest BCUT2D eigenvalue weighted by molar-refractivity contribution is 4.93. The van der Waals surface area contributed by atoms with Crippen molar-refractivity contribution in [3.63, 3.8) is 0 Å². The predicted molar refractivity (Wildman–Crippen MR) is 40.4 cm³/mol. The van der Waals surface area contributed by atoms with Gasteiger partial charge in [0.05, 0.1) is 12.6 Å². The third kappa shape index (κ3) is 2.20. The first-order valence-corrected chi connectivity index (χ1v) is 3.69. The van der Waals surface area contributed by atoms with Crippen molar-refractivity contribution >= 4 is 0 Å². The Bertz CT molecular complexity index is 155. The van der Waals surface area contributed by atoms with Gasteiger partial charge in [-0.2, -0.15) is 5.26 Å². The van der Waals surface area contributed by atoms with Gasteiger partial charge in [-0.25, -0.2) is 0 Å². The van der Waals surface area contributed by atoms with Crippen molar-refractivity contribution < 1.29 is 0 Å². The Hall–Kier alpha value is -0.810. The number of allylic oxidation sites excluding steroid dienone is 1. The maximum absolute atomic E-state index is 8.27. The molecule has 1 aliphatic carbocycles. The summed E-state index contributed by atoms with van der Waals surface area (Å²) in [6, 6.07) is 2.63. The van der Waals surface area contributed by atoms with Crippen LogP contribution in [0, 0.1) is 11.3 Å². The van der Waals surface area contributed by atoms with Crippen molar-refractivity contribution in [2.75, 3.05) is 6.54 Å². The van der Waals surface area contributed by atoms with Crippen LogP contribution in [0.15, 0.2) is 12.2 Å². The van der Waals surface area contributed by atoms with Crippen molar-refractivity contribution in [2.24, 2.45) is 0 Å². The number of nitriles is 1. The molecule has 0 bridgehead atoms. The van der Waals surface area contributed by atoms with Gasteiger partial charge in [-0.3, -0.25) is 0 Å². The average Bonchev–Trinajstić information content (AvgIpc) is 2.03. The molecule has 0 aromatic rings. The molecule has 0 radical (unpaired) electrons. The zero-order valence-electron chi connectivity index (χ0n) is 6.01. The van der Waals surface area contributed by atoms with Crippen molar-refractivity contribution in [3.8, 4) is 6.07 Å². The molecule has 0 aliphatic heterocycles. The predicted octanol–water partition coefficient (Wildman–Crippen LogP) is 1.21. The number of nitrogens with one attached hydrogen (secondary N) is 1. The van der Waals surface area contributed by atoms with E-state index in [1.807, 2.05) is 0 Å². The van der Waals surface area contributed by atoms with Crippen molar-refractivity contribution in [3.05, 3.63) is 12.2 Å². The lowest BCUT2D eigenvalue weighted by Gasteiger charge is -2.16. The van der Waals surface area contributed by atoms with Gasteiger partial charge in [0.15, 0.2) is 0 Å². The molecular weight excluding hydrogens is 124 g/mol. The van der Waals surface area contributed by atoms with Crippen LogP contribution in [0.4, 0.5) is 0 Å². The molecule has 10 heavy (non-hydrogen) atoms. The van der Waals surface area contributed by atoms with Gasteiger partial charge in [0.25, 0.3) is 0 Å². The van der Waals surface area contributed by atoms with E-state index in [4.69, 9.17) is 5.26 Å². The van der Waals surface area contributed by atoms with Gasteiger partial charge in [-0.05, 0) is 19.3 Å². The van der Waals surface area contributed by atoms with Gasteiger partial charge in [-0.15, -0.1) is 0 Å². The fraction of sp³-hybridized carbons (Fsp3) is 0.625. The molecule has 0 spiro atoms. The maximum Gasteiger partial charge on any atom is 0.0843 e. The summed E-state index contributed by atoms with van der Waals surface area (Å²) in [6.07, 6.45) is 7.80. The molecule has 2 heteroatoms. The minimum Gasteiger partial charge on any atom is -0.301 e. The van der Waals surface area contributed by atoms with E-state index in [1.54, 1.807) is 0 Å². The van der Waals surface area contributed by atoms with Crippen LogP contribution >= 0.6 is 0 Å². The number of nitrogens with zero attached hydrogens (tertiary/aromatic N) is 1. The summed E-state index contributed by atoms with van der Waals surface area (Å²) in [5.74, 6) is 0. The van der Waals surface area contributed by atoms with Gasteiger partial charge in [-0.1, -0.05) is 12.2 Å². The topological polar surface area (TPSA) is 35.8 Å². The summed E-state index contributed by atoms with van der Waals surface area (Å²) < 4.78 is 0. The molecule has 0 heterocycles. The van der Waals surface area contributed by atoms with E-state index in [-0.39, 0.29) is 0 Å². The largest absolute Gasteiger partial charge is 0.301 e. The quantitative estimate of drug-likeness (QED) is 0.457. The Morgan fingerprint density at radius 3 is 3.10 bits per heavy atom. The molecule has 1 atom stereocenters. The summed E-state index contributed by atoms with van der Waals surface area (Å²) in [6.45, 7) is 0.485. The lowest BCUT2D eigenvalue weighted by atomic mass is 10.0. The molecule has 0 aromatic heterocycles. The molecule has 1 unspecified atom stereocenters. The summed E-state index contributed by atoms with van der Waals surface area (Å²) in [4.78, 5) is 0. The molecule has 2 nitrogen and oxygen atoms in total. The number of rotatable bonds is 2. The highest BCUT2D eigenvalue weighted by atomic mass is 14.9. The minimum atomic E-state index is 0.485. The highest BCUT2D eigenvalue weighted by Gasteiger charge is 2.06. The molecule has 0 saturated heterocycles. The minimum absolute atomic E-state index is 0.485. The molecule has 0 fully saturated rings. The van der Waals surface area contributed by atoms with Crippen LogP contribution in [0.3, 0.4) is 0 Å². The van der Waals surface area contributed by atoms with Crippen LogP contribution in [0.5, 0.6) is 0 Å². The average molecular weight is 136 g/mol. The third-order valence-electron chi connectivity index (χ3n) is 1.74. The summed E-state index contributed by atoms with van der Waals surface area (Å²) in [5.41, 5.74) is 0. The second kappa shape index (κ2) is 4.08. The lowest BCUT2D eigenvalue weighted by Crippen LogP contribution is -2.29. The molecule has 0 amide bonds. The summed E-state index contributed by atoms with van der Waals surface area (Å²) in [7, 11) is 0. The van der Waals surface area contributed by atoms with Gasteiger partial charge in [0.1, 0.15) is 0 Å². The SMILES string of the molecule is N#CCNC1CC=CCC1. The number of hydrogen-bond acceptors (Lipinski definition) is 2. The first-order valence-electron chi connectivity index (χ1n) is 3.69. The Morgan fingerprint density at radius 1 is 1.60 bits per heavy atom. The number of hydrogen-bond donors (Lipinski definition) is 1. The van der Waals surface area contributed by atoms with E-state index in [1.165, 1.54) is 6.42 Å². The van der Waals surface area contributed by atoms with Gasteiger partial charge < -0.3 is 5.32 Å². The monoisotopic (exact) mass is 136 g/mol. The zero-order chi connectivity index (χ0) is 7.23. The fourth-order valence-corrected chi connectivity index (χ4v) is 1.17. The van der Waals surface area contributed by atoms with E-state index < -0.39 is 0 Å². The van der Waals surface area contributed by atoms with Crippen molar-refractivity contribution in [2.45, 2.75) is 25.3 Å². The molecule has 0 saturated carbocycles. The van der Waals surface area contributed by atoms with Crippen LogP contribution < -0.4 is 5.32 Å². The Morgan fingerprint density at radius 2 is 2.50 bits per heavy atom. The van der Waals surface area contributed by atoms with Crippen LogP contribution in [0.2, 0.25) is 0 Å². The van der Waals surface area contributed by atoms with Crippen LogP contribution in [-0.2, 0) is 0 Å². The first-order chi connectivity index (χ1) is 4.93. The Balaban J connectivity index is 2.17. The Labute approximate surface area is 61.5 Å². The van der Waals surface area contributed by atoms with Gasteiger partial charge in [0.2, 0.25) is 0 Å². The molecule has 54 valence electrons. The summed E-state index contributed by atoms with van der Waals surface area (Å²) in [5, 5.41) is 11.4. The van der Waals surface area contributed by atoms with Crippen molar-refractivity contribution in [1.82, 2.24) is 5.32 Å².